The van der Waals surface area contributed by atoms with Crippen LogP contribution >= 0.6 is 0 Å². The van der Waals surface area contributed by atoms with E-state index >= 15 is 0 Å². The van der Waals surface area contributed by atoms with E-state index in [-0.39, 0.29) is 5.91 Å². The summed E-state index contributed by atoms with van der Waals surface area (Å²) in [6.45, 7) is 11.4. The highest BCUT2D eigenvalue weighted by molar-refractivity contribution is 6.04. The fourth-order valence-corrected chi connectivity index (χ4v) is 3.59. The van der Waals surface area contributed by atoms with Gasteiger partial charge in [0.2, 0.25) is 0 Å². The van der Waals surface area contributed by atoms with Gasteiger partial charge in [0.15, 0.2) is 11.5 Å². The summed E-state index contributed by atoms with van der Waals surface area (Å²) in [5.41, 5.74) is 3.73. The van der Waals surface area contributed by atoms with Crippen LogP contribution in [0.2, 0.25) is 0 Å². The highest BCUT2D eigenvalue weighted by Crippen LogP contribution is 2.30. The van der Waals surface area contributed by atoms with E-state index in [0.717, 1.165) is 43.9 Å². The zero-order valence-corrected chi connectivity index (χ0v) is 18.5. The summed E-state index contributed by atoms with van der Waals surface area (Å²) in [5.74, 6) is 1.10. The number of benzene rings is 2. The molecule has 0 radical (unpaired) electrons. The zero-order valence-electron chi connectivity index (χ0n) is 18.5. The zero-order chi connectivity index (χ0) is 21.5. The number of rotatable bonds is 8. The second-order valence-electron chi connectivity index (χ2n) is 7.69. The molecule has 1 N–H and O–H groups in total. The molecule has 0 aliphatic carbocycles. The van der Waals surface area contributed by atoms with Crippen LogP contribution in [0.15, 0.2) is 36.4 Å². The quantitative estimate of drug-likeness (QED) is 0.706. The van der Waals surface area contributed by atoms with Gasteiger partial charge in [0.25, 0.3) is 5.91 Å². The third kappa shape index (κ3) is 5.45. The standard InChI is InChI=1S/C24H33N3O3/c1-5-15-30-22-10-7-19(17-23(22)29-6-2)24(28)25-20-8-9-21(18(3)16-20)27-13-11-26(4)12-14-27/h7-10,16-17H,5-6,11-15H2,1-4H3,(H,25,28). The highest BCUT2D eigenvalue weighted by atomic mass is 16.5. The first kappa shape index (κ1) is 22.0. The summed E-state index contributed by atoms with van der Waals surface area (Å²) in [7, 11) is 2.16. The molecule has 0 bridgehead atoms. The number of nitrogens with zero attached hydrogens (tertiary/aromatic N) is 2. The van der Waals surface area contributed by atoms with Gasteiger partial charge >= 0.3 is 0 Å². The molecule has 30 heavy (non-hydrogen) atoms. The summed E-state index contributed by atoms with van der Waals surface area (Å²) in [4.78, 5) is 17.6. The Bertz CT molecular complexity index is 861. The van der Waals surface area contributed by atoms with Gasteiger partial charge in [-0.15, -0.1) is 0 Å². The van der Waals surface area contributed by atoms with Crippen molar-refractivity contribution in [2.24, 2.45) is 0 Å². The summed E-state index contributed by atoms with van der Waals surface area (Å²) < 4.78 is 11.4. The Hall–Kier alpha value is -2.73. The van der Waals surface area contributed by atoms with Crippen molar-refractivity contribution < 1.29 is 14.3 Å². The molecule has 1 aliphatic rings. The van der Waals surface area contributed by atoms with E-state index in [4.69, 9.17) is 9.47 Å². The lowest BCUT2D eigenvalue weighted by molar-refractivity contribution is 0.102. The number of ether oxygens (including phenoxy) is 2. The van der Waals surface area contributed by atoms with Gasteiger partial charge in [-0.3, -0.25) is 4.79 Å². The average Bonchev–Trinajstić information content (AvgIpc) is 2.74. The van der Waals surface area contributed by atoms with E-state index in [1.165, 1.54) is 5.69 Å². The maximum Gasteiger partial charge on any atom is 0.255 e. The minimum Gasteiger partial charge on any atom is -0.490 e. The van der Waals surface area contributed by atoms with Crippen LogP contribution in [0.5, 0.6) is 11.5 Å². The number of hydrogen-bond donors (Lipinski definition) is 1. The molecule has 6 heteroatoms. The van der Waals surface area contributed by atoms with Crippen molar-refractivity contribution >= 4 is 17.3 Å². The number of nitrogens with one attached hydrogen (secondary N) is 1. The van der Waals surface area contributed by atoms with E-state index in [1.807, 2.05) is 19.1 Å². The van der Waals surface area contributed by atoms with Crippen LogP contribution in [0.25, 0.3) is 0 Å². The topological polar surface area (TPSA) is 54.0 Å². The molecule has 1 amide bonds. The Morgan fingerprint density at radius 3 is 2.43 bits per heavy atom. The number of hydrogen-bond acceptors (Lipinski definition) is 5. The van der Waals surface area contributed by atoms with E-state index in [2.05, 4.69) is 42.1 Å². The number of anilines is 2. The number of carbonyl (C=O) groups excluding carboxylic acids is 1. The minimum absolute atomic E-state index is 0.162. The average molecular weight is 412 g/mol. The number of aryl methyl sites for hydroxylation is 1. The molecule has 0 spiro atoms. The first-order valence-electron chi connectivity index (χ1n) is 10.8. The molecule has 2 aromatic carbocycles. The molecule has 162 valence electrons. The summed E-state index contributed by atoms with van der Waals surface area (Å²) in [6, 6.07) is 11.4. The van der Waals surface area contributed by atoms with Crippen molar-refractivity contribution in [1.29, 1.82) is 0 Å². The molecule has 6 nitrogen and oxygen atoms in total. The second kappa shape index (κ2) is 10.3. The van der Waals surface area contributed by atoms with E-state index in [1.54, 1.807) is 18.2 Å². The van der Waals surface area contributed by atoms with Gasteiger partial charge in [-0.1, -0.05) is 6.92 Å². The Labute approximate surface area is 179 Å². The van der Waals surface area contributed by atoms with Gasteiger partial charge in [-0.25, -0.2) is 0 Å². The minimum atomic E-state index is -0.162. The van der Waals surface area contributed by atoms with Crippen molar-refractivity contribution in [2.45, 2.75) is 27.2 Å². The predicted molar refractivity (Wildman–Crippen MR) is 122 cm³/mol. The fourth-order valence-electron chi connectivity index (χ4n) is 3.59. The molecule has 0 unspecified atom stereocenters. The van der Waals surface area contributed by atoms with E-state index in [9.17, 15) is 4.79 Å². The number of amides is 1. The van der Waals surface area contributed by atoms with Gasteiger partial charge in [0.1, 0.15) is 0 Å². The molecule has 0 saturated carbocycles. The Morgan fingerprint density at radius 1 is 1.00 bits per heavy atom. The number of piperazine rings is 1. The maximum atomic E-state index is 12.8. The van der Waals surface area contributed by atoms with Crippen molar-refractivity contribution in [3.05, 3.63) is 47.5 Å². The lowest BCUT2D eigenvalue weighted by Crippen LogP contribution is -2.44. The van der Waals surface area contributed by atoms with Crippen LogP contribution in [-0.2, 0) is 0 Å². The largest absolute Gasteiger partial charge is 0.490 e. The highest BCUT2D eigenvalue weighted by Gasteiger charge is 2.17. The summed E-state index contributed by atoms with van der Waals surface area (Å²) >= 11 is 0. The molecule has 0 aromatic heterocycles. The SMILES string of the molecule is CCCOc1ccc(C(=O)Nc2ccc(N3CCN(C)CC3)c(C)c2)cc1OCC. The normalized spacial score (nSPS) is 14.5. The fraction of sp³-hybridized carbons (Fsp3) is 0.458. The molecule has 2 aromatic rings. The first-order chi connectivity index (χ1) is 14.5. The third-order valence-corrected chi connectivity index (χ3v) is 5.27. The second-order valence-corrected chi connectivity index (χ2v) is 7.69. The van der Waals surface area contributed by atoms with E-state index < -0.39 is 0 Å². The third-order valence-electron chi connectivity index (χ3n) is 5.27. The van der Waals surface area contributed by atoms with Crippen molar-refractivity contribution in [2.75, 3.05) is 56.7 Å². The van der Waals surface area contributed by atoms with Crippen LogP contribution in [0.3, 0.4) is 0 Å². The summed E-state index contributed by atoms with van der Waals surface area (Å²) in [5, 5.41) is 3.01. The van der Waals surface area contributed by atoms with Gasteiger partial charge in [0.05, 0.1) is 13.2 Å². The Morgan fingerprint density at radius 2 is 1.77 bits per heavy atom. The number of carbonyl (C=O) groups is 1. The Kier molecular flexibility index (Phi) is 7.57. The first-order valence-corrected chi connectivity index (χ1v) is 10.8. The smallest absolute Gasteiger partial charge is 0.255 e. The molecular weight excluding hydrogens is 378 g/mol. The van der Waals surface area contributed by atoms with Crippen LogP contribution in [0.4, 0.5) is 11.4 Å². The molecular formula is C24H33N3O3. The lowest BCUT2D eigenvalue weighted by Gasteiger charge is -2.35. The van der Waals surface area contributed by atoms with Gasteiger partial charge in [-0.2, -0.15) is 0 Å². The van der Waals surface area contributed by atoms with Crippen LogP contribution < -0.4 is 19.7 Å². The molecule has 1 fully saturated rings. The number of likely N-dealkylation sites (N-methyl/N-ethyl adjacent to an activating group) is 1. The molecule has 1 aliphatic heterocycles. The Balaban J connectivity index is 1.70. The molecule has 3 rings (SSSR count). The predicted octanol–water partition coefficient (Wildman–Crippen LogP) is 4.19. The molecule has 1 saturated heterocycles. The van der Waals surface area contributed by atoms with Crippen molar-refractivity contribution in [3.63, 3.8) is 0 Å². The maximum absolute atomic E-state index is 12.8. The molecule has 0 atom stereocenters. The van der Waals surface area contributed by atoms with Crippen LogP contribution in [0.1, 0.15) is 36.2 Å². The van der Waals surface area contributed by atoms with Crippen LogP contribution in [0, 0.1) is 6.92 Å². The van der Waals surface area contributed by atoms with Gasteiger partial charge in [-0.05, 0) is 69.3 Å². The van der Waals surface area contributed by atoms with Crippen LogP contribution in [-0.4, -0.2) is 57.2 Å². The summed E-state index contributed by atoms with van der Waals surface area (Å²) in [6.07, 6.45) is 0.914. The lowest BCUT2D eigenvalue weighted by atomic mass is 10.1. The van der Waals surface area contributed by atoms with Gasteiger partial charge < -0.3 is 24.6 Å². The monoisotopic (exact) mass is 411 g/mol. The van der Waals surface area contributed by atoms with Gasteiger partial charge in [0, 0.05) is 43.1 Å². The molecule has 1 heterocycles. The van der Waals surface area contributed by atoms with E-state index in [0.29, 0.717) is 30.3 Å². The van der Waals surface area contributed by atoms with Crippen molar-refractivity contribution in [3.8, 4) is 11.5 Å². The van der Waals surface area contributed by atoms with Crippen molar-refractivity contribution in [1.82, 2.24) is 4.90 Å².